The second-order valence-electron chi connectivity index (χ2n) is 8.88. The predicted molar refractivity (Wildman–Crippen MR) is 139 cm³/mol. The highest BCUT2D eigenvalue weighted by Gasteiger charge is 2.54. The smallest absolute Gasteiger partial charge is 0.350 e. The van der Waals surface area contributed by atoms with Crippen LogP contribution in [-0.4, -0.2) is 83.6 Å². The number of ether oxygens (including phenoxy) is 5. The Morgan fingerprint density at radius 2 is 1.35 bits per heavy atom. The van der Waals surface area contributed by atoms with Gasteiger partial charge in [-0.15, -0.1) is 0 Å². The molecule has 1 fully saturated rings. The van der Waals surface area contributed by atoms with Crippen molar-refractivity contribution in [2.45, 2.75) is 36.8 Å². The first-order valence-corrected chi connectivity index (χ1v) is 12.0. The van der Waals surface area contributed by atoms with E-state index in [1.807, 2.05) is 0 Å². The summed E-state index contributed by atoms with van der Waals surface area (Å²) >= 11 is 0. The lowest BCUT2D eigenvalue weighted by molar-refractivity contribution is -0.208. The zero-order valence-corrected chi connectivity index (χ0v) is 22.0. The van der Waals surface area contributed by atoms with E-state index in [-0.39, 0.29) is 23.0 Å². The molecule has 4 N–H and O–H groups in total. The molecule has 40 heavy (non-hydrogen) atoms. The summed E-state index contributed by atoms with van der Waals surface area (Å²) in [6.07, 6.45) is -0.841. The monoisotopic (exact) mass is 558 g/mol. The minimum atomic E-state index is -2.07. The second-order valence-corrected chi connectivity index (χ2v) is 8.88. The molecule has 1 saturated carbocycles. The van der Waals surface area contributed by atoms with Gasteiger partial charge in [0.25, 0.3) is 0 Å². The van der Waals surface area contributed by atoms with Gasteiger partial charge >= 0.3 is 17.9 Å². The maximum absolute atomic E-state index is 12.8. The lowest BCUT2D eigenvalue weighted by Gasteiger charge is -2.41. The fourth-order valence-electron chi connectivity index (χ4n) is 4.16. The SMILES string of the molecule is COC(=O)[C@@]1(OC(=O)/C=C/c2ccc(O)c(OC)c2)C[C@@H](O)[C@H](O)[C@@H](OC(=O)/C=C/c2ccc(O)c(OC)c2)C1. The third-order valence-electron chi connectivity index (χ3n) is 6.20. The highest BCUT2D eigenvalue weighted by molar-refractivity contribution is 5.91. The Morgan fingerprint density at radius 1 is 0.825 bits per heavy atom. The van der Waals surface area contributed by atoms with E-state index in [9.17, 15) is 34.8 Å². The fraction of sp³-hybridized carbons (Fsp3) is 0.321. The third kappa shape index (κ3) is 7.10. The molecule has 0 bridgehead atoms. The number of phenolic OH excluding ortho intramolecular Hbond substituents is 2. The number of methoxy groups -OCH3 is 3. The highest BCUT2D eigenvalue weighted by atomic mass is 16.6. The number of aliphatic hydroxyl groups is 2. The number of esters is 3. The second kappa shape index (κ2) is 13.0. The normalized spacial score (nSPS) is 22.6. The largest absolute Gasteiger partial charge is 0.504 e. The van der Waals surface area contributed by atoms with Gasteiger partial charge in [0, 0.05) is 25.0 Å². The Bertz CT molecular complexity index is 1300. The summed E-state index contributed by atoms with van der Waals surface area (Å²) < 4.78 is 25.6. The minimum absolute atomic E-state index is 0.0899. The van der Waals surface area contributed by atoms with Crippen LogP contribution < -0.4 is 9.47 Å². The van der Waals surface area contributed by atoms with E-state index in [0.717, 1.165) is 19.3 Å². The number of hydrogen-bond acceptors (Lipinski definition) is 12. The van der Waals surface area contributed by atoms with Gasteiger partial charge in [0.2, 0.25) is 5.60 Å². The lowest BCUT2D eigenvalue weighted by Crippen LogP contribution is -2.59. The number of aromatic hydroxyl groups is 2. The van der Waals surface area contributed by atoms with E-state index < -0.39 is 54.7 Å². The number of phenols is 2. The molecule has 12 nitrogen and oxygen atoms in total. The quantitative estimate of drug-likeness (QED) is 0.199. The Morgan fingerprint density at radius 3 is 1.85 bits per heavy atom. The van der Waals surface area contributed by atoms with Crippen molar-refractivity contribution in [2.75, 3.05) is 21.3 Å². The molecular weight excluding hydrogens is 528 g/mol. The van der Waals surface area contributed by atoms with Gasteiger partial charge < -0.3 is 44.1 Å². The van der Waals surface area contributed by atoms with Crippen LogP contribution >= 0.6 is 0 Å². The van der Waals surface area contributed by atoms with Gasteiger partial charge in [-0.3, -0.25) is 0 Å². The summed E-state index contributed by atoms with van der Waals surface area (Å²) in [6.45, 7) is 0. The van der Waals surface area contributed by atoms with Crippen LogP contribution in [0.25, 0.3) is 12.2 Å². The number of aliphatic hydroxyl groups excluding tert-OH is 2. The predicted octanol–water partition coefficient (Wildman–Crippen LogP) is 1.72. The van der Waals surface area contributed by atoms with Gasteiger partial charge in [-0.1, -0.05) is 12.1 Å². The van der Waals surface area contributed by atoms with Crippen molar-refractivity contribution in [3.63, 3.8) is 0 Å². The van der Waals surface area contributed by atoms with E-state index in [0.29, 0.717) is 11.1 Å². The van der Waals surface area contributed by atoms with E-state index >= 15 is 0 Å². The summed E-state index contributed by atoms with van der Waals surface area (Å²) in [5.41, 5.74) is -1.10. The number of carbonyl (C=O) groups is 3. The van der Waals surface area contributed by atoms with E-state index in [4.69, 9.17) is 23.7 Å². The van der Waals surface area contributed by atoms with Crippen molar-refractivity contribution in [3.05, 3.63) is 59.7 Å². The molecule has 0 heterocycles. The van der Waals surface area contributed by atoms with Crippen LogP contribution in [0, 0.1) is 0 Å². The average molecular weight is 559 g/mol. The fourth-order valence-corrected chi connectivity index (χ4v) is 4.16. The Hall–Kier alpha value is -4.55. The Labute approximate surface area is 229 Å². The van der Waals surface area contributed by atoms with E-state index in [1.165, 1.54) is 62.8 Å². The van der Waals surface area contributed by atoms with Crippen molar-refractivity contribution < 1.29 is 58.5 Å². The molecule has 2 aromatic rings. The van der Waals surface area contributed by atoms with Gasteiger partial charge in [0.05, 0.1) is 27.4 Å². The molecule has 0 amide bonds. The van der Waals surface area contributed by atoms with Crippen LogP contribution in [0.5, 0.6) is 23.0 Å². The molecule has 0 radical (unpaired) electrons. The molecule has 0 saturated heterocycles. The number of hydrogen-bond donors (Lipinski definition) is 4. The van der Waals surface area contributed by atoms with Crippen molar-refractivity contribution in [1.82, 2.24) is 0 Å². The van der Waals surface area contributed by atoms with Crippen LogP contribution in [0.3, 0.4) is 0 Å². The molecule has 0 aliphatic heterocycles. The Balaban J connectivity index is 1.76. The summed E-state index contributed by atoms with van der Waals surface area (Å²) in [6, 6.07) is 8.70. The molecule has 1 aliphatic carbocycles. The zero-order chi connectivity index (χ0) is 29.4. The average Bonchev–Trinajstić information content (AvgIpc) is 2.94. The zero-order valence-electron chi connectivity index (χ0n) is 22.0. The highest BCUT2D eigenvalue weighted by Crippen LogP contribution is 2.36. The summed E-state index contributed by atoms with van der Waals surface area (Å²) in [4.78, 5) is 38.0. The van der Waals surface area contributed by atoms with Crippen LogP contribution in [0.4, 0.5) is 0 Å². The first kappa shape index (κ1) is 30.0. The summed E-state index contributed by atoms with van der Waals surface area (Å²) in [5, 5.41) is 40.4. The van der Waals surface area contributed by atoms with Gasteiger partial charge in [0.15, 0.2) is 23.0 Å². The molecule has 2 aromatic carbocycles. The van der Waals surface area contributed by atoms with Crippen molar-refractivity contribution >= 4 is 30.1 Å². The molecule has 3 rings (SSSR count). The van der Waals surface area contributed by atoms with Crippen molar-refractivity contribution in [3.8, 4) is 23.0 Å². The molecule has 0 unspecified atom stereocenters. The first-order valence-electron chi connectivity index (χ1n) is 12.0. The number of benzene rings is 2. The molecular formula is C28H30O12. The molecule has 1 aliphatic rings. The van der Waals surface area contributed by atoms with Crippen LogP contribution in [0.1, 0.15) is 24.0 Å². The van der Waals surface area contributed by atoms with Crippen molar-refractivity contribution in [1.29, 1.82) is 0 Å². The molecule has 12 heteroatoms. The standard InChI is InChI=1S/C28H30O12/c1-36-21-12-16(4-8-18(21)29)6-10-24(32)39-23-15-28(27(35)38-3,14-20(31)26(23)34)40-25(33)11-7-17-5-9-19(30)22(13-17)37-2/h4-13,20,23,26,29-31,34H,14-15H2,1-3H3/b10-6+,11-7+/t20-,23+,26+,28-/m1/s1. The van der Waals surface area contributed by atoms with Gasteiger partial charge in [-0.05, 0) is 47.5 Å². The first-order chi connectivity index (χ1) is 19.0. The van der Waals surface area contributed by atoms with E-state index in [2.05, 4.69) is 0 Å². The number of carbonyl (C=O) groups excluding carboxylic acids is 3. The summed E-state index contributed by atoms with van der Waals surface area (Å²) in [7, 11) is 3.79. The number of rotatable bonds is 9. The molecule has 214 valence electrons. The van der Waals surface area contributed by atoms with Gasteiger partial charge in [-0.25, -0.2) is 14.4 Å². The minimum Gasteiger partial charge on any atom is -0.504 e. The van der Waals surface area contributed by atoms with Crippen LogP contribution in [0.2, 0.25) is 0 Å². The topological polar surface area (TPSA) is 178 Å². The van der Waals surface area contributed by atoms with Gasteiger partial charge in [0.1, 0.15) is 12.2 Å². The van der Waals surface area contributed by atoms with Crippen LogP contribution in [-0.2, 0) is 28.6 Å². The van der Waals surface area contributed by atoms with Crippen molar-refractivity contribution in [2.24, 2.45) is 0 Å². The van der Waals surface area contributed by atoms with Crippen LogP contribution in [0.15, 0.2) is 48.6 Å². The lowest BCUT2D eigenvalue weighted by atomic mass is 9.79. The Kier molecular flexibility index (Phi) is 9.75. The maximum atomic E-state index is 12.8. The molecule has 4 atom stereocenters. The van der Waals surface area contributed by atoms with E-state index in [1.54, 1.807) is 0 Å². The molecule has 0 spiro atoms. The summed E-state index contributed by atoms with van der Waals surface area (Å²) in [5.74, 6) is -2.74. The maximum Gasteiger partial charge on any atom is 0.350 e. The molecule has 0 aromatic heterocycles. The van der Waals surface area contributed by atoms with Gasteiger partial charge in [-0.2, -0.15) is 0 Å². The third-order valence-corrected chi connectivity index (χ3v) is 6.20.